The molecular weight excluding hydrogens is 666 g/mol. The van der Waals surface area contributed by atoms with E-state index < -0.39 is 39.1 Å². The van der Waals surface area contributed by atoms with Gasteiger partial charge in [0.25, 0.3) is 23.2 Å². The van der Waals surface area contributed by atoms with Crippen molar-refractivity contribution in [1.82, 2.24) is 10.7 Å². The molecule has 3 N–H and O–H groups in total. The Hall–Kier alpha value is -5.83. The number of nitro groups is 2. The van der Waals surface area contributed by atoms with E-state index >= 15 is 0 Å². The second-order valence-corrected chi connectivity index (χ2v) is 10.6. The number of hydrogen-bond donors (Lipinski definition) is 3. The van der Waals surface area contributed by atoms with Crippen molar-refractivity contribution in [3.05, 3.63) is 132 Å². The van der Waals surface area contributed by atoms with Crippen molar-refractivity contribution in [1.29, 1.82) is 0 Å². The van der Waals surface area contributed by atoms with E-state index in [1.54, 1.807) is 18.2 Å². The minimum atomic E-state index is -1.27. The fourth-order valence-electron chi connectivity index (χ4n) is 4.13. The number of hydrazone groups is 1. The topological polar surface area (TPSA) is 196 Å². The van der Waals surface area contributed by atoms with Gasteiger partial charge < -0.3 is 19.9 Å². The zero-order valence-electron chi connectivity index (χ0n) is 24.1. The highest BCUT2D eigenvalue weighted by Gasteiger charge is 2.25. The number of nitrogens with one attached hydrogen (secondary N) is 2. The Bertz CT molecular complexity index is 1750. The zero-order valence-corrected chi connectivity index (χ0v) is 25.7. The van der Waals surface area contributed by atoms with Gasteiger partial charge in [0.2, 0.25) is 0 Å². The Morgan fingerprint density at radius 1 is 0.913 bits per heavy atom. The summed E-state index contributed by atoms with van der Waals surface area (Å²) in [4.78, 5) is 47.1. The van der Waals surface area contributed by atoms with Gasteiger partial charge in [0, 0.05) is 23.0 Å². The predicted octanol–water partition coefficient (Wildman–Crippen LogP) is 5.05. The molecule has 4 rings (SSSR count). The Morgan fingerprint density at radius 3 is 2.15 bits per heavy atom. The zero-order chi connectivity index (χ0) is 33.2. The summed E-state index contributed by atoms with van der Waals surface area (Å²) in [5.41, 5.74) is 2.70. The maximum atomic E-state index is 13.2. The average Bonchev–Trinajstić information content (AvgIpc) is 3.05. The van der Waals surface area contributed by atoms with Crippen LogP contribution in [0.4, 0.5) is 11.4 Å². The van der Waals surface area contributed by atoms with Gasteiger partial charge in [-0.15, -0.1) is 0 Å². The monoisotopic (exact) mass is 691 g/mol. The molecule has 0 saturated heterocycles. The van der Waals surface area contributed by atoms with Gasteiger partial charge in [-0.3, -0.25) is 29.8 Å². The van der Waals surface area contributed by atoms with Crippen LogP contribution in [0.5, 0.6) is 17.2 Å². The molecule has 0 spiro atoms. The van der Waals surface area contributed by atoms with Crippen LogP contribution in [0.1, 0.15) is 27.0 Å². The van der Waals surface area contributed by atoms with E-state index in [0.29, 0.717) is 29.2 Å². The summed E-state index contributed by atoms with van der Waals surface area (Å²) < 4.78 is 12.3. The fourth-order valence-corrected chi connectivity index (χ4v) is 4.39. The number of ether oxygens (including phenoxy) is 2. The number of phenolic OH excluding ortho intramolecular Hbond substituents is 1. The van der Waals surface area contributed by atoms with E-state index in [1.165, 1.54) is 37.6 Å². The number of halogens is 1. The number of non-ortho nitro benzene ring substituents is 2. The van der Waals surface area contributed by atoms with Crippen molar-refractivity contribution in [2.45, 2.75) is 19.1 Å². The molecule has 0 aliphatic rings. The van der Waals surface area contributed by atoms with Gasteiger partial charge in [0.1, 0.15) is 18.4 Å². The lowest BCUT2D eigenvalue weighted by Crippen LogP contribution is -2.46. The average molecular weight is 692 g/mol. The van der Waals surface area contributed by atoms with Gasteiger partial charge in [-0.05, 0) is 59.2 Å². The van der Waals surface area contributed by atoms with Crippen LogP contribution in [0.3, 0.4) is 0 Å². The highest BCUT2D eigenvalue weighted by Crippen LogP contribution is 2.28. The van der Waals surface area contributed by atoms with Crippen LogP contribution >= 0.6 is 15.9 Å². The molecule has 4 aromatic carbocycles. The first-order valence-corrected chi connectivity index (χ1v) is 14.2. The Labute approximate surface area is 270 Å². The smallest absolute Gasteiger partial charge is 0.277 e. The first kappa shape index (κ1) is 33.1. The van der Waals surface area contributed by atoms with Crippen LogP contribution in [-0.2, 0) is 17.8 Å². The third kappa shape index (κ3) is 9.09. The van der Waals surface area contributed by atoms with Crippen LogP contribution in [-0.4, -0.2) is 46.1 Å². The lowest BCUT2D eigenvalue weighted by molar-refractivity contribution is -0.394. The van der Waals surface area contributed by atoms with Gasteiger partial charge in [-0.2, -0.15) is 5.10 Å². The summed E-state index contributed by atoms with van der Waals surface area (Å²) in [6.45, 7) is 0.310. The molecule has 0 fully saturated rings. The van der Waals surface area contributed by atoms with E-state index in [2.05, 4.69) is 31.8 Å². The normalized spacial score (nSPS) is 11.4. The summed E-state index contributed by atoms with van der Waals surface area (Å²) in [7, 11) is 1.48. The van der Waals surface area contributed by atoms with E-state index in [4.69, 9.17) is 9.47 Å². The number of benzene rings is 4. The predicted molar refractivity (Wildman–Crippen MR) is 170 cm³/mol. The molecule has 15 heteroatoms. The third-order valence-corrected chi connectivity index (χ3v) is 7.00. The van der Waals surface area contributed by atoms with Crippen molar-refractivity contribution in [2.24, 2.45) is 5.10 Å². The molecule has 0 bridgehead atoms. The number of rotatable bonds is 13. The maximum Gasteiger partial charge on any atom is 0.277 e. The van der Waals surface area contributed by atoms with Crippen molar-refractivity contribution in [3.63, 3.8) is 0 Å². The van der Waals surface area contributed by atoms with Gasteiger partial charge in [-0.1, -0.05) is 40.2 Å². The molecule has 236 valence electrons. The molecule has 2 amide bonds. The Balaban J connectivity index is 1.49. The SMILES string of the molecule is COc1cc(/C=N/NC(=O)C(Cc2ccc(O)cc2)NC(=O)c2cc([N+](=O)[O-])cc([N+](=O)[O-])c2)ccc1OCc1ccc(Br)cc1. The van der Waals surface area contributed by atoms with Gasteiger partial charge >= 0.3 is 0 Å². The first-order chi connectivity index (χ1) is 22.0. The lowest BCUT2D eigenvalue weighted by atomic mass is 10.0. The number of aromatic hydroxyl groups is 1. The summed E-state index contributed by atoms with van der Waals surface area (Å²) in [5, 5.41) is 38.6. The summed E-state index contributed by atoms with van der Waals surface area (Å²) in [6.07, 6.45) is 1.28. The number of carbonyl (C=O) groups excluding carboxylic acids is 2. The van der Waals surface area contributed by atoms with Crippen LogP contribution in [0.2, 0.25) is 0 Å². The number of phenols is 1. The van der Waals surface area contributed by atoms with Crippen LogP contribution in [0.25, 0.3) is 0 Å². The van der Waals surface area contributed by atoms with Crippen LogP contribution in [0.15, 0.2) is 94.5 Å². The quantitative estimate of drug-likeness (QED) is 0.0976. The molecule has 0 aliphatic carbocycles. The first-order valence-electron chi connectivity index (χ1n) is 13.4. The summed E-state index contributed by atoms with van der Waals surface area (Å²) >= 11 is 3.39. The molecule has 0 radical (unpaired) electrons. The summed E-state index contributed by atoms with van der Waals surface area (Å²) in [6, 6.07) is 19.8. The van der Waals surface area contributed by atoms with Crippen molar-refractivity contribution < 1.29 is 34.0 Å². The standard InChI is InChI=1S/C31H26BrN5O9/c1-45-29-13-21(6-11-28(29)46-18-20-2-7-23(32)8-3-20)17-33-35-31(40)27(12-19-4-9-26(38)10-5-19)34-30(39)22-14-24(36(41)42)16-25(15-22)37(43)44/h2-11,13-17,27,38H,12,18H2,1H3,(H,34,39)(H,35,40)/b33-17+. The fraction of sp³-hybridized carbons (Fsp3) is 0.129. The highest BCUT2D eigenvalue weighted by molar-refractivity contribution is 9.10. The molecule has 14 nitrogen and oxygen atoms in total. The third-order valence-electron chi connectivity index (χ3n) is 6.47. The number of amides is 2. The number of nitrogens with zero attached hydrogens (tertiary/aromatic N) is 3. The number of nitro benzene ring substituents is 2. The largest absolute Gasteiger partial charge is 0.508 e. The molecule has 0 aliphatic heterocycles. The molecular formula is C31H26BrN5O9. The Morgan fingerprint density at radius 2 is 1.54 bits per heavy atom. The number of methoxy groups -OCH3 is 1. The second-order valence-electron chi connectivity index (χ2n) is 9.71. The van der Waals surface area contributed by atoms with Crippen LogP contribution in [0, 0.1) is 20.2 Å². The van der Waals surface area contributed by atoms with E-state index in [-0.39, 0.29) is 17.7 Å². The maximum absolute atomic E-state index is 13.2. The molecule has 0 saturated carbocycles. The number of carbonyl (C=O) groups is 2. The molecule has 1 atom stereocenters. The van der Waals surface area contributed by atoms with Crippen molar-refractivity contribution >= 4 is 45.3 Å². The molecule has 4 aromatic rings. The van der Waals surface area contributed by atoms with Gasteiger partial charge in [-0.25, -0.2) is 5.43 Å². The second kappa shape index (κ2) is 15.3. The molecule has 46 heavy (non-hydrogen) atoms. The van der Waals surface area contributed by atoms with Gasteiger partial charge in [0.15, 0.2) is 11.5 Å². The molecule has 1 unspecified atom stereocenters. The van der Waals surface area contributed by atoms with Crippen molar-refractivity contribution in [2.75, 3.05) is 7.11 Å². The van der Waals surface area contributed by atoms with E-state index in [0.717, 1.165) is 28.2 Å². The van der Waals surface area contributed by atoms with Crippen molar-refractivity contribution in [3.8, 4) is 17.2 Å². The molecule has 0 heterocycles. The molecule has 0 aromatic heterocycles. The van der Waals surface area contributed by atoms with E-state index in [9.17, 15) is 34.9 Å². The van der Waals surface area contributed by atoms with Crippen LogP contribution < -0.4 is 20.2 Å². The van der Waals surface area contributed by atoms with Gasteiger partial charge in [0.05, 0.1) is 34.8 Å². The minimum absolute atomic E-state index is 0.0116. The lowest BCUT2D eigenvalue weighted by Gasteiger charge is -2.17. The summed E-state index contributed by atoms with van der Waals surface area (Å²) in [5.74, 6) is -0.805. The number of hydrogen-bond acceptors (Lipinski definition) is 10. The highest BCUT2D eigenvalue weighted by atomic mass is 79.9. The minimum Gasteiger partial charge on any atom is -0.508 e. The Kier molecular flexibility index (Phi) is 11.0. The van der Waals surface area contributed by atoms with E-state index in [1.807, 2.05) is 24.3 Å².